The summed E-state index contributed by atoms with van der Waals surface area (Å²) in [6.07, 6.45) is 9.94. The molecule has 0 aliphatic rings. The van der Waals surface area contributed by atoms with Crippen molar-refractivity contribution in [1.82, 2.24) is 0 Å². The van der Waals surface area contributed by atoms with Crippen molar-refractivity contribution in [3.63, 3.8) is 0 Å². The molecule has 0 saturated heterocycles. The number of carbonyl (C=O) groups is 1. The molecule has 0 aliphatic carbocycles. The van der Waals surface area contributed by atoms with Gasteiger partial charge in [0.05, 0.1) is 0 Å². The predicted molar refractivity (Wildman–Crippen MR) is 177 cm³/mol. The lowest BCUT2D eigenvalue weighted by Gasteiger charge is -2.16. The number of thiophene rings is 4. The topological polar surface area (TPSA) is 26.3 Å². The Kier molecular flexibility index (Phi) is 12.7. The molecule has 4 aromatic rings. The van der Waals surface area contributed by atoms with Gasteiger partial charge >= 0.3 is 5.97 Å². The summed E-state index contributed by atoms with van der Waals surface area (Å²) in [6, 6.07) is 13.2. The van der Waals surface area contributed by atoms with Crippen molar-refractivity contribution in [3.8, 4) is 19.5 Å². The zero-order chi connectivity index (χ0) is 28.4. The van der Waals surface area contributed by atoms with Crippen molar-refractivity contribution >= 4 is 57.4 Å². The zero-order valence-electron chi connectivity index (χ0n) is 24.4. The third-order valence-electron chi connectivity index (χ3n) is 6.45. The van der Waals surface area contributed by atoms with E-state index in [9.17, 15) is 4.79 Å². The first kappa shape index (κ1) is 31.5. The molecule has 0 N–H and O–H groups in total. The fraction of sp³-hybridized carbons (Fsp3) is 0.424. The van der Waals surface area contributed by atoms with E-state index in [2.05, 4.69) is 97.0 Å². The van der Waals surface area contributed by atoms with Crippen molar-refractivity contribution in [2.45, 2.75) is 93.1 Å². The van der Waals surface area contributed by atoms with E-state index in [0.717, 1.165) is 19.3 Å². The normalized spacial score (nSPS) is 12.0. The highest BCUT2D eigenvalue weighted by atomic mass is 32.1. The Bertz CT molecular complexity index is 1350. The molecule has 0 aliphatic heterocycles. The second kappa shape index (κ2) is 15.7. The fourth-order valence-electron chi connectivity index (χ4n) is 4.31. The van der Waals surface area contributed by atoms with Gasteiger partial charge in [0.25, 0.3) is 0 Å². The summed E-state index contributed by atoms with van der Waals surface area (Å²) in [4.78, 5) is 22.8. The third-order valence-corrected chi connectivity index (χ3v) is 11.0. The average molecular weight is 599 g/mol. The first-order valence-electron chi connectivity index (χ1n) is 13.9. The summed E-state index contributed by atoms with van der Waals surface area (Å²) in [5.74, 6) is -0.0583. The Labute approximate surface area is 251 Å². The molecule has 39 heavy (non-hydrogen) atoms. The highest BCUT2D eigenvalue weighted by molar-refractivity contribution is 7.22. The average Bonchev–Trinajstić information content (AvgIpc) is 3.70. The molecule has 0 spiro atoms. The van der Waals surface area contributed by atoms with E-state index in [0.29, 0.717) is 6.42 Å². The Balaban J connectivity index is 0.000000239. The van der Waals surface area contributed by atoms with Crippen LogP contribution in [0.1, 0.15) is 96.0 Å². The molecule has 210 valence electrons. The van der Waals surface area contributed by atoms with Crippen LogP contribution in [0.3, 0.4) is 0 Å². The maximum atomic E-state index is 12.1. The molecule has 2 nitrogen and oxygen atoms in total. The molecule has 0 aromatic carbocycles. The number of unbranched alkanes of at least 4 members (excludes halogenated alkanes) is 3. The second-order valence-corrected chi connectivity index (χ2v) is 14.9. The van der Waals surface area contributed by atoms with Gasteiger partial charge in [-0.25, -0.2) is 0 Å². The molecule has 1 unspecified atom stereocenters. The van der Waals surface area contributed by atoms with Crippen LogP contribution >= 0.6 is 45.3 Å². The molecular formula is C33H42O2S4. The van der Waals surface area contributed by atoms with Crippen molar-refractivity contribution in [3.05, 3.63) is 73.1 Å². The van der Waals surface area contributed by atoms with Gasteiger partial charge in [-0.15, -0.1) is 45.3 Å². The number of ether oxygens (including phenoxy) is 1. The van der Waals surface area contributed by atoms with Crippen molar-refractivity contribution in [1.29, 1.82) is 0 Å². The van der Waals surface area contributed by atoms with Gasteiger partial charge in [-0.05, 0) is 89.4 Å². The molecule has 4 rings (SSSR count). The van der Waals surface area contributed by atoms with Gasteiger partial charge in [0.2, 0.25) is 0 Å². The van der Waals surface area contributed by atoms with Gasteiger partial charge in [-0.1, -0.05) is 45.3 Å². The minimum Gasteiger partial charge on any atom is -0.457 e. The van der Waals surface area contributed by atoms with Crippen LogP contribution in [0.2, 0.25) is 0 Å². The number of carbonyl (C=O) groups excluding carboxylic acids is 1. The monoisotopic (exact) mass is 598 g/mol. The van der Waals surface area contributed by atoms with Gasteiger partial charge in [0.1, 0.15) is 6.10 Å². The largest absolute Gasteiger partial charge is 0.457 e. The van der Waals surface area contributed by atoms with Gasteiger partial charge in [-0.2, -0.15) is 0 Å². The lowest BCUT2D eigenvalue weighted by molar-refractivity contribution is -0.149. The molecule has 0 fully saturated rings. The van der Waals surface area contributed by atoms with Gasteiger partial charge in [0, 0.05) is 51.0 Å². The van der Waals surface area contributed by atoms with Gasteiger partial charge in [0.15, 0.2) is 0 Å². The van der Waals surface area contributed by atoms with E-state index in [1.54, 1.807) is 11.3 Å². The fourth-order valence-corrected chi connectivity index (χ4v) is 8.29. The minimum atomic E-state index is -0.116. The summed E-state index contributed by atoms with van der Waals surface area (Å²) >= 11 is 7.36. The second-order valence-electron chi connectivity index (χ2n) is 9.76. The number of hydrogen-bond donors (Lipinski definition) is 0. The van der Waals surface area contributed by atoms with Crippen molar-refractivity contribution in [2.75, 3.05) is 0 Å². The molecule has 0 amide bonds. The third kappa shape index (κ3) is 9.28. The van der Waals surface area contributed by atoms with E-state index in [-0.39, 0.29) is 12.1 Å². The van der Waals surface area contributed by atoms with E-state index in [4.69, 9.17) is 4.74 Å². The number of esters is 1. The summed E-state index contributed by atoms with van der Waals surface area (Å²) in [5.41, 5.74) is 2.52. The predicted octanol–water partition coefficient (Wildman–Crippen LogP) is 12.2. The maximum absolute atomic E-state index is 12.1. The smallest absolute Gasteiger partial charge is 0.306 e. The van der Waals surface area contributed by atoms with Crippen LogP contribution in [0.25, 0.3) is 25.6 Å². The lowest BCUT2D eigenvalue weighted by atomic mass is 10.1. The lowest BCUT2D eigenvalue weighted by Crippen LogP contribution is -2.10. The van der Waals surface area contributed by atoms with Crippen LogP contribution in [0.4, 0.5) is 0 Å². The standard InChI is InChI=1S/C20H28O2S2.C13H14S2/c1-5-7-8-9-10-20(21)22-17(6-2)16-13-19(24-15(16)4)18-12-11-14(3)23-18;1-4-5-11-8-13(15-10(11)3)12-7-6-9(2)14-12/h11-13,17H,5-10H2,1-4H3;4-8H,1-3H3/b;5-4+. The van der Waals surface area contributed by atoms with Crippen molar-refractivity contribution in [2.24, 2.45) is 0 Å². The minimum absolute atomic E-state index is 0.0583. The van der Waals surface area contributed by atoms with Crippen LogP contribution in [0, 0.1) is 27.7 Å². The molecule has 6 heteroatoms. The van der Waals surface area contributed by atoms with Crippen LogP contribution in [-0.4, -0.2) is 5.97 Å². The molecule has 4 aromatic heterocycles. The molecule has 1 atom stereocenters. The highest BCUT2D eigenvalue weighted by Crippen LogP contribution is 2.39. The first-order chi connectivity index (χ1) is 18.7. The van der Waals surface area contributed by atoms with Crippen LogP contribution in [-0.2, 0) is 9.53 Å². The maximum Gasteiger partial charge on any atom is 0.306 e. The summed E-state index contributed by atoms with van der Waals surface area (Å²) in [6.45, 7) is 14.9. The first-order valence-corrected chi connectivity index (χ1v) is 17.2. The van der Waals surface area contributed by atoms with Crippen molar-refractivity contribution < 1.29 is 9.53 Å². The van der Waals surface area contributed by atoms with Crippen LogP contribution in [0.15, 0.2) is 42.5 Å². The Morgan fingerprint density at radius 2 is 1.41 bits per heavy atom. The Morgan fingerprint density at radius 1 is 0.795 bits per heavy atom. The molecule has 0 saturated carbocycles. The highest BCUT2D eigenvalue weighted by Gasteiger charge is 2.20. The SMILES string of the molecule is C/C=C/c1cc(-c2ccc(C)s2)sc1C.CCCCCCC(=O)OC(CC)c1cc(-c2ccc(C)s2)sc1C. The molecule has 0 bridgehead atoms. The Morgan fingerprint density at radius 3 is 1.95 bits per heavy atom. The molecular weight excluding hydrogens is 557 g/mol. The van der Waals surface area contributed by atoms with E-state index < -0.39 is 0 Å². The molecule has 0 radical (unpaired) electrons. The zero-order valence-corrected chi connectivity index (χ0v) is 27.7. The number of rotatable bonds is 11. The van der Waals surface area contributed by atoms with Gasteiger partial charge < -0.3 is 4.74 Å². The van der Waals surface area contributed by atoms with E-state index in [1.807, 2.05) is 34.0 Å². The number of aryl methyl sites for hydroxylation is 4. The summed E-state index contributed by atoms with van der Waals surface area (Å²) < 4.78 is 5.77. The van der Waals surface area contributed by atoms with Gasteiger partial charge in [-0.3, -0.25) is 4.79 Å². The number of allylic oxidation sites excluding steroid dienone is 1. The van der Waals surface area contributed by atoms with E-state index in [1.165, 1.54) is 63.0 Å². The summed E-state index contributed by atoms with van der Waals surface area (Å²) in [7, 11) is 0. The Hall–Kier alpha value is -1.99. The number of hydrogen-bond acceptors (Lipinski definition) is 6. The van der Waals surface area contributed by atoms with Crippen LogP contribution in [0.5, 0.6) is 0 Å². The molecule has 4 heterocycles. The van der Waals surface area contributed by atoms with E-state index >= 15 is 0 Å². The quantitative estimate of drug-likeness (QED) is 0.127. The summed E-state index contributed by atoms with van der Waals surface area (Å²) in [5, 5.41) is 0. The van der Waals surface area contributed by atoms with Crippen LogP contribution < -0.4 is 0 Å².